The number of methoxy groups -OCH3 is 1. The summed E-state index contributed by atoms with van der Waals surface area (Å²) < 4.78 is 21.5. The van der Waals surface area contributed by atoms with E-state index in [0.717, 1.165) is 0 Å². The Labute approximate surface area is 187 Å². The molecule has 3 aromatic rings. The molecule has 1 unspecified atom stereocenters. The lowest BCUT2D eigenvalue weighted by molar-refractivity contribution is 0.0694. The fraction of sp³-hybridized carbons (Fsp3) is 0.273. The van der Waals surface area contributed by atoms with Crippen molar-refractivity contribution in [1.82, 2.24) is 4.57 Å². The number of hydrogen-bond acceptors (Lipinski definition) is 5. The Balaban J connectivity index is 2.29. The number of fused-ring (bicyclic) bond motifs is 1. The molecule has 1 heterocycles. The molecule has 0 aliphatic rings. The van der Waals surface area contributed by atoms with E-state index in [4.69, 9.17) is 16.3 Å². The van der Waals surface area contributed by atoms with Gasteiger partial charge in [0.2, 0.25) is 5.43 Å². The van der Waals surface area contributed by atoms with Gasteiger partial charge in [0.25, 0.3) is 0 Å². The highest BCUT2D eigenvalue weighted by Gasteiger charge is 2.21. The van der Waals surface area contributed by atoms with Gasteiger partial charge in [-0.3, -0.25) is 4.79 Å². The molecule has 9 heteroatoms. The third-order valence-electron chi connectivity index (χ3n) is 5.04. The molecule has 1 aromatic heterocycles. The summed E-state index contributed by atoms with van der Waals surface area (Å²) in [6.45, 7) is -0.240. The van der Waals surface area contributed by atoms with Gasteiger partial charge in [0.1, 0.15) is 17.1 Å². The summed E-state index contributed by atoms with van der Waals surface area (Å²) >= 11 is 7.36. The Morgan fingerprint density at radius 2 is 2.06 bits per heavy atom. The summed E-state index contributed by atoms with van der Waals surface area (Å²) in [5.41, 5.74) is 0.186. The molecule has 2 aromatic carbocycles. The first-order valence-corrected chi connectivity index (χ1v) is 11.1. The summed E-state index contributed by atoms with van der Waals surface area (Å²) in [5, 5.41) is 19.5. The Morgan fingerprint density at radius 1 is 1.32 bits per heavy atom. The van der Waals surface area contributed by atoms with Crippen LogP contribution < -0.4 is 10.2 Å². The van der Waals surface area contributed by atoms with Crippen molar-refractivity contribution in [2.75, 3.05) is 25.7 Å². The van der Waals surface area contributed by atoms with Crippen molar-refractivity contribution < 1.29 is 24.1 Å². The van der Waals surface area contributed by atoms with E-state index in [0.29, 0.717) is 28.1 Å². The average molecular weight is 466 g/mol. The van der Waals surface area contributed by atoms with Crippen molar-refractivity contribution >= 4 is 40.2 Å². The molecule has 0 amide bonds. The number of nitrogens with zero attached hydrogens (tertiary/aromatic N) is 1. The molecule has 0 saturated heterocycles. The first kappa shape index (κ1) is 23.1. The maximum atomic E-state index is 14.4. The van der Waals surface area contributed by atoms with Crippen LogP contribution in [0.5, 0.6) is 5.75 Å². The Hall–Kier alpha value is -2.55. The summed E-state index contributed by atoms with van der Waals surface area (Å²) in [4.78, 5) is 24.6. The van der Waals surface area contributed by atoms with Crippen molar-refractivity contribution in [2.24, 2.45) is 0 Å². The maximum Gasteiger partial charge on any atom is 0.341 e. The Morgan fingerprint density at radius 3 is 2.68 bits per heavy atom. The molecule has 2 N–H and O–H groups in total. The van der Waals surface area contributed by atoms with E-state index in [1.54, 1.807) is 22.8 Å². The van der Waals surface area contributed by atoms with Crippen LogP contribution in [0.1, 0.15) is 27.5 Å². The second-order valence-corrected chi connectivity index (χ2v) is 8.26. The van der Waals surface area contributed by atoms with E-state index in [9.17, 15) is 24.2 Å². The lowest BCUT2D eigenvalue weighted by Gasteiger charge is -2.22. The van der Waals surface area contributed by atoms with E-state index >= 15 is 0 Å². The molecule has 31 heavy (non-hydrogen) atoms. The van der Waals surface area contributed by atoms with E-state index in [1.807, 2.05) is 6.26 Å². The first-order chi connectivity index (χ1) is 14.8. The van der Waals surface area contributed by atoms with Crippen LogP contribution in [-0.2, 0) is 6.42 Å². The maximum absolute atomic E-state index is 14.4. The van der Waals surface area contributed by atoms with Crippen LogP contribution in [0.15, 0.2) is 41.3 Å². The van der Waals surface area contributed by atoms with Crippen molar-refractivity contribution in [3.63, 3.8) is 0 Å². The number of thioether (sulfide) groups is 1. The van der Waals surface area contributed by atoms with Gasteiger partial charge in [0, 0.05) is 29.8 Å². The van der Waals surface area contributed by atoms with Crippen LogP contribution in [0.2, 0.25) is 5.02 Å². The number of carboxylic acid groups (broad SMARTS) is 1. The van der Waals surface area contributed by atoms with Crippen LogP contribution in [0.25, 0.3) is 10.9 Å². The molecule has 0 aliphatic heterocycles. The molecule has 0 spiro atoms. The number of hydrogen-bond donors (Lipinski definition) is 2. The normalized spacial score (nSPS) is 12.2. The largest absolute Gasteiger partial charge is 0.496 e. The number of aliphatic hydroxyl groups excluding tert-OH is 1. The van der Waals surface area contributed by atoms with Crippen LogP contribution in [-0.4, -0.2) is 46.5 Å². The molecule has 1 atom stereocenters. The van der Waals surface area contributed by atoms with Crippen LogP contribution in [0, 0.1) is 5.82 Å². The number of benzene rings is 2. The van der Waals surface area contributed by atoms with Gasteiger partial charge in [-0.25, -0.2) is 9.18 Å². The molecular formula is C22H21ClFNO5S. The molecule has 3 rings (SSSR count). The number of aromatic nitrogens is 1. The first-order valence-electron chi connectivity index (χ1n) is 9.34. The Kier molecular flexibility index (Phi) is 7.25. The number of carboxylic acids is 1. The smallest absolute Gasteiger partial charge is 0.341 e. The molecule has 0 saturated carbocycles. The number of aliphatic hydroxyl groups is 1. The summed E-state index contributed by atoms with van der Waals surface area (Å²) in [5.74, 6) is -1.02. The van der Waals surface area contributed by atoms with Gasteiger partial charge >= 0.3 is 5.97 Å². The lowest BCUT2D eigenvalue weighted by atomic mass is 10.00. The monoisotopic (exact) mass is 465 g/mol. The second kappa shape index (κ2) is 9.72. The van der Waals surface area contributed by atoms with E-state index in [-0.39, 0.29) is 23.4 Å². The minimum absolute atomic E-state index is 0.0179. The van der Waals surface area contributed by atoms with Crippen molar-refractivity contribution in [1.29, 1.82) is 0 Å². The average Bonchev–Trinajstić information content (AvgIpc) is 2.75. The van der Waals surface area contributed by atoms with Gasteiger partial charge in [0.05, 0.1) is 30.3 Å². The van der Waals surface area contributed by atoms with Gasteiger partial charge < -0.3 is 19.5 Å². The molecule has 0 aliphatic carbocycles. The number of halogens is 2. The zero-order valence-corrected chi connectivity index (χ0v) is 18.5. The van der Waals surface area contributed by atoms with E-state index in [2.05, 4.69) is 0 Å². The second-order valence-electron chi connectivity index (χ2n) is 6.95. The number of carbonyl (C=O) groups is 1. The standard InChI is InChI=1S/C22H21ClFNO5S/c1-30-19-8-18-15(7-13(19)6-12-4-3-5-17(23)20(12)24)21(27)16(22(28)29)9-25(18)14(10-26)11-31-2/h3-5,7-9,14,26H,6,10-11H2,1-2H3,(H,28,29). The Bertz CT molecular complexity index is 1200. The molecule has 6 nitrogen and oxygen atoms in total. The quantitative estimate of drug-likeness (QED) is 0.523. The molecule has 164 valence electrons. The van der Waals surface area contributed by atoms with Crippen LogP contribution in [0.3, 0.4) is 0 Å². The van der Waals surface area contributed by atoms with Gasteiger partial charge in [-0.05, 0) is 29.5 Å². The van der Waals surface area contributed by atoms with Crippen molar-refractivity contribution in [3.05, 3.63) is 74.3 Å². The topological polar surface area (TPSA) is 88.8 Å². The zero-order chi connectivity index (χ0) is 22.7. The molecule has 0 radical (unpaired) electrons. The van der Waals surface area contributed by atoms with Crippen molar-refractivity contribution in [3.8, 4) is 5.75 Å². The van der Waals surface area contributed by atoms with E-state index < -0.39 is 28.8 Å². The third kappa shape index (κ3) is 4.56. The van der Waals surface area contributed by atoms with Crippen LogP contribution >= 0.6 is 23.4 Å². The van der Waals surface area contributed by atoms with Crippen LogP contribution in [0.4, 0.5) is 4.39 Å². The van der Waals surface area contributed by atoms with Gasteiger partial charge in [-0.15, -0.1) is 0 Å². The predicted octanol–water partition coefficient (Wildman–Crippen LogP) is 3.99. The molecule has 0 bridgehead atoms. The number of rotatable bonds is 8. The zero-order valence-electron chi connectivity index (χ0n) is 16.9. The molecular weight excluding hydrogens is 445 g/mol. The van der Waals surface area contributed by atoms with Gasteiger partial charge in [-0.1, -0.05) is 23.7 Å². The minimum atomic E-state index is -1.36. The summed E-state index contributed by atoms with van der Waals surface area (Å²) in [6, 6.07) is 7.33. The lowest BCUT2D eigenvalue weighted by Crippen LogP contribution is -2.24. The predicted molar refractivity (Wildman–Crippen MR) is 120 cm³/mol. The van der Waals surface area contributed by atoms with Crippen molar-refractivity contribution in [2.45, 2.75) is 12.5 Å². The summed E-state index contributed by atoms with van der Waals surface area (Å²) in [7, 11) is 1.46. The molecule has 0 fully saturated rings. The number of pyridine rings is 1. The van der Waals surface area contributed by atoms with Gasteiger partial charge in [0.15, 0.2) is 0 Å². The number of ether oxygens (including phenoxy) is 1. The third-order valence-corrected chi connectivity index (χ3v) is 6.05. The van der Waals surface area contributed by atoms with E-state index in [1.165, 1.54) is 37.2 Å². The fourth-order valence-corrected chi connectivity index (χ4v) is 4.35. The van der Waals surface area contributed by atoms with Gasteiger partial charge in [-0.2, -0.15) is 11.8 Å². The fourth-order valence-electron chi connectivity index (χ4n) is 3.51. The summed E-state index contributed by atoms with van der Waals surface area (Å²) in [6.07, 6.45) is 3.21. The number of aromatic carboxylic acids is 1. The minimum Gasteiger partial charge on any atom is -0.496 e. The highest BCUT2D eigenvalue weighted by atomic mass is 35.5. The SMILES string of the molecule is COc1cc2c(cc1Cc1cccc(Cl)c1F)c(=O)c(C(=O)O)cn2C(CO)CSC. The highest BCUT2D eigenvalue weighted by Crippen LogP contribution is 2.30. The highest BCUT2D eigenvalue weighted by molar-refractivity contribution is 7.98.